The highest BCUT2D eigenvalue weighted by Gasteiger charge is 2.21. The van der Waals surface area contributed by atoms with Crippen molar-refractivity contribution in [1.82, 2.24) is 14.9 Å². The molecule has 0 bridgehead atoms. The van der Waals surface area contributed by atoms with Gasteiger partial charge in [0.05, 0.1) is 6.42 Å². The third-order valence-corrected chi connectivity index (χ3v) is 5.73. The van der Waals surface area contributed by atoms with E-state index in [9.17, 15) is 9.59 Å². The van der Waals surface area contributed by atoms with Gasteiger partial charge in [-0.2, -0.15) is 0 Å². The number of nitrogens with zero attached hydrogens (tertiary/aromatic N) is 4. The number of carbonyl (C=O) groups is 2. The number of halogens is 1. The Morgan fingerprint density at radius 3 is 2.61 bits per heavy atom. The van der Waals surface area contributed by atoms with Gasteiger partial charge in [-0.3, -0.25) is 14.6 Å². The number of carbonyl (C=O) groups excluding carboxylic acids is 2. The van der Waals surface area contributed by atoms with Gasteiger partial charge in [0, 0.05) is 49.2 Å². The van der Waals surface area contributed by atoms with E-state index < -0.39 is 0 Å². The SMILES string of the molecule is O=C(c1cccnc1)c1cccc(N2CCCN(C(=O)Cc3ccccc3Cl)CC2)n1. The largest absolute Gasteiger partial charge is 0.355 e. The molecule has 0 N–H and O–H groups in total. The zero-order chi connectivity index (χ0) is 21.6. The van der Waals surface area contributed by atoms with Gasteiger partial charge in [0.15, 0.2) is 0 Å². The molecular weight excluding hydrogens is 412 g/mol. The minimum absolute atomic E-state index is 0.0726. The second-order valence-corrected chi connectivity index (χ2v) is 7.85. The molecular formula is C24H23ClN4O2. The van der Waals surface area contributed by atoms with Crippen LogP contribution in [0.3, 0.4) is 0 Å². The Balaban J connectivity index is 1.42. The first-order valence-electron chi connectivity index (χ1n) is 10.3. The Labute approximate surface area is 186 Å². The monoisotopic (exact) mass is 434 g/mol. The van der Waals surface area contributed by atoms with Gasteiger partial charge in [-0.15, -0.1) is 0 Å². The summed E-state index contributed by atoms with van der Waals surface area (Å²) in [7, 11) is 0. The van der Waals surface area contributed by atoms with Gasteiger partial charge in [0.2, 0.25) is 11.7 Å². The van der Waals surface area contributed by atoms with Crippen LogP contribution in [0.5, 0.6) is 0 Å². The van der Waals surface area contributed by atoms with E-state index in [4.69, 9.17) is 11.6 Å². The molecule has 31 heavy (non-hydrogen) atoms. The molecule has 158 valence electrons. The van der Waals surface area contributed by atoms with Crippen molar-refractivity contribution >= 4 is 29.1 Å². The van der Waals surface area contributed by atoms with Crippen LogP contribution in [-0.2, 0) is 11.2 Å². The molecule has 1 aliphatic heterocycles. The number of ketones is 1. The molecule has 3 heterocycles. The molecule has 1 amide bonds. The third-order valence-electron chi connectivity index (χ3n) is 5.36. The van der Waals surface area contributed by atoms with Crippen LogP contribution in [0.2, 0.25) is 5.02 Å². The molecule has 1 aromatic carbocycles. The van der Waals surface area contributed by atoms with Gasteiger partial charge in [0.25, 0.3) is 0 Å². The van der Waals surface area contributed by atoms with E-state index in [0.717, 1.165) is 24.3 Å². The van der Waals surface area contributed by atoms with E-state index in [0.29, 0.717) is 42.3 Å². The molecule has 7 heteroatoms. The molecule has 4 rings (SSSR count). The maximum atomic E-state index is 12.8. The Morgan fingerprint density at radius 1 is 0.935 bits per heavy atom. The van der Waals surface area contributed by atoms with Crippen LogP contribution in [0.1, 0.15) is 28.0 Å². The first-order valence-corrected chi connectivity index (χ1v) is 10.7. The molecule has 0 atom stereocenters. The van der Waals surface area contributed by atoms with Crippen LogP contribution >= 0.6 is 11.6 Å². The maximum absolute atomic E-state index is 12.8. The summed E-state index contributed by atoms with van der Waals surface area (Å²) in [6, 6.07) is 16.4. The molecule has 0 radical (unpaired) electrons. The van der Waals surface area contributed by atoms with E-state index in [2.05, 4.69) is 14.9 Å². The number of aromatic nitrogens is 2. The summed E-state index contributed by atoms with van der Waals surface area (Å²) in [6.45, 7) is 2.72. The lowest BCUT2D eigenvalue weighted by Crippen LogP contribution is -2.36. The van der Waals surface area contributed by atoms with Crippen molar-refractivity contribution in [3.8, 4) is 0 Å². The molecule has 3 aromatic rings. The minimum Gasteiger partial charge on any atom is -0.355 e. The number of pyridine rings is 2. The molecule has 6 nitrogen and oxygen atoms in total. The van der Waals surface area contributed by atoms with Crippen LogP contribution < -0.4 is 4.90 Å². The van der Waals surface area contributed by atoms with Gasteiger partial charge in [-0.25, -0.2) is 4.98 Å². The Morgan fingerprint density at radius 2 is 1.81 bits per heavy atom. The average Bonchev–Trinajstić information content (AvgIpc) is 3.07. The lowest BCUT2D eigenvalue weighted by molar-refractivity contribution is -0.130. The summed E-state index contributed by atoms with van der Waals surface area (Å²) in [5, 5.41) is 0.617. The second-order valence-electron chi connectivity index (χ2n) is 7.44. The summed E-state index contributed by atoms with van der Waals surface area (Å²) in [5.74, 6) is 0.667. The minimum atomic E-state index is -0.152. The molecule has 1 fully saturated rings. The summed E-state index contributed by atoms with van der Waals surface area (Å²) in [5.41, 5.74) is 1.75. The quantitative estimate of drug-likeness (QED) is 0.573. The Hall–Kier alpha value is -3.25. The van der Waals surface area contributed by atoms with E-state index in [1.807, 2.05) is 35.2 Å². The van der Waals surface area contributed by atoms with Crippen molar-refractivity contribution < 1.29 is 9.59 Å². The lowest BCUT2D eigenvalue weighted by atomic mass is 10.1. The topological polar surface area (TPSA) is 66.4 Å². The highest BCUT2D eigenvalue weighted by atomic mass is 35.5. The smallest absolute Gasteiger partial charge is 0.227 e. The summed E-state index contributed by atoms with van der Waals surface area (Å²) in [4.78, 5) is 38.1. The van der Waals surface area contributed by atoms with Crippen LogP contribution in [-0.4, -0.2) is 52.7 Å². The zero-order valence-corrected chi connectivity index (χ0v) is 17.8. The van der Waals surface area contributed by atoms with Crippen molar-refractivity contribution in [3.63, 3.8) is 0 Å². The van der Waals surface area contributed by atoms with Gasteiger partial charge in [-0.05, 0) is 42.3 Å². The van der Waals surface area contributed by atoms with Crippen LogP contribution in [0, 0.1) is 0 Å². The molecule has 2 aromatic heterocycles. The van der Waals surface area contributed by atoms with Gasteiger partial charge in [-0.1, -0.05) is 35.9 Å². The molecule has 1 aliphatic rings. The van der Waals surface area contributed by atoms with Crippen molar-refractivity contribution in [3.05, 3.63) is 88.8 Å². The fourth-order valence-corrected chi connectivity index (χ4v) is 3.89. The first kappa shape index (κ1) is 21.0. The van der Waals surface area contributed by atoms with Gasteiger partial charge >= 0.3 is 0 Å². The Kier molecular flexibility index (Phi) is 6.57. The third kappa shape index (κ3) is 5.09. The van der Waals surface area contributed by atoms with Crippen molar-refractivity contribution in [2.75, 3.05) is 31.1 Å². The van der Waals surface area contributed by atoms with Crippen molar-refractivity contribution in [1.29, 1.82) is 0 Å². The predicted octanol–water partition coefficient (Wildman–Crippen LogP) is 3.64. The molecule has 0 unspecified atom stereocenters. The number of hydrogen-bond donors (Lipinski definition) is 0. The summed E-state index contributed by atoms with van der Waals surface area (Å²) in [6.07, 6.45) is 4.31. The number of anilines is 1. The predicted molar refractivity (Wildman–Crippen MR) is 120 cm³/mol. The first-order chi connectivity index (χ1) is 15.1. The number of amides is 1. The fourth-order valence-electron chi connectivity index (χ4n) is 3.68. The van der Waals surface area contributed by atoms with E-state index in [1.54, 1.807) is 36.7 Å². The van der Waals surface area contributed by atoms with E-state index in [-0.39, 0.29) is 11.7 Å². The van der Waals surface area contributed by atoms with Crippen molar-refractivity contribution in [2.45, 2.75) is 12.8 Å². The normalized spacial score (nSPS) is 14.2. The van der Waals surface area contributed by atoms with E-state index >= 15 is 0 Å². The van der Waals surface area contributed by atoms with Crippen LogP contribution in [0.4, 0.5) is 5.82 Å². The Bertz CT molecular complexity index is 1070. The summed E-state index contributed by atoms with van der Waals surface area (Å²) >= 11 is 6.21. The number of benzene rings is 1. The molecule has 0 aliphatic carbocycles. The highest BCUT2D eigenvalue weighted by molar-refractivity contribution is 6.31. The van der Waals surface area contributed by atoms with Crippen LogP contribution in [0.15, 0.2) is 67.0 Å². The number of rotatable bonds is 5. The highest BCUT2D eigenvalue weighted by Crippen LogP contribution is 2.19. The van der Waals surface area contributed by atoms with Crippen molar-refractivity contribution in [2.24, 2.45) is 0 Å². The molecule has 0 saturated carbocycles. The average molecular weight is 435 g/mol. The molecule has 0 spiro atoms. The fraction of sp³-hybridized carbons (Fsp3) is 0.250. The van der Waals surface area contributed by atoms with Gasteiger partial charge < -0.3 is 9.80 Å². The summed E-state index contributed by atoms with van der Waals surface area (Å²) < 4.78 is 0. The maximum Gasteiger partial charge on any atom is 0.227 e. The molecule has 1 saturated heterocycles. The van der Waals surface area contributed by atoms with E-state index in [1.165, 1.54) is 0 Å². The lowest BCUT2D eigenvalue weighted by Gasteiger charge is -2.23. The second kappa shape index (κ2) is 9.71. The van der Waals surface area contributed by atoms with Crippen LogP contribution in [0.25, 0.3) is 0 Å². The number of hydrogen-bond acceptors (Lipinski definition) is 5. The zero-order valence-electron chi connectivity index (χ0n) is 17.1. The van der Waals surface area contributed by atoms with Gasteiger partial charge in [0.1, 0.15) is 11.5 Å². The standard InChI is InChI=1S/C24H23ClN4O2/c25-20-8-2-1-6-18(20)16-23(30)29-13-5-12-28(14-15-29)22-10-3-9-21(27-22)24(31)19-7-4-11-26-17-19/h1-4,6-11,17H,5,12-16H2.